The van der Waals surface area contributed by atoms with Crippen LogP contribution in [0.4, 0.5) is 0 Å². The van der Waals surface area contributed by atoms with Gasteiger partial charge in [-0.15, -0.1) is 0 Å². The summed E-state index contributed by atoms with van der Waals surface area (Å²) in [5, 5.41) is 0. The lowest BCUT2D eigenvalue weighted by atomic mass is 10.0. The molecule has 0 aromatic carbocycles. The van der Waals surface area contributed by atoms with Gasteiger partial charge in [0, 0.05) is 19.3 Å². The molecule has 0 aromatic rings. The molecule has 0 radical (unpaired) electrons. The van der Waals surface area contributed by atoms with Crippen molar-refractivity contribution in [3.05, 3.63) is 146 Å². The third-order valence-corrected chi connectivity index (χ3v) is 11.8. The van der Waals surface area contributed by atoms with Gasteiger partial charge in [-0.2, -0.15) is 0 Å². The van der Waals surface area contributed by atoms with Crippen molar-refractivity contribution in [1.29, 1.82) is 0 Å². The van der Waals surface area contributed by atoms with Crippen LogP contribution in [0.15, 0.2) is 146 Å². The molecule has 73 heavy (non-hydrogen) atoms. The van der Waals surface area contributed by atoms with Gasteiger partial charge in [0.05, 0.1) is 0 Å². The molecule has 0 aliphatic carbocycles. The van der Waals surface area contributed by atoms with Crippen LogP contribution < -0.4 is 0 Å². The Labute approximate surface area is 448 Å². The van der Waals surface area contributed by atoms with Crippen LogP contribution in [0.3, 0.4) is 0 Å². The maximum absolute atomic E-state index is 12.7. The summed E-state index contributed by atoms with van der Waals surface area (Å²) in [6, 6.07) is 0. The van der Waals surface area contributed by atoms with Gasteiger partial charge in [0.25, 0.3) is 0 Å². The zero-order chi connectivity index (χ0) is 52.9. The monoisotopic (exact) mass is 1010 g/mol. The first kappa shape index (κ1) is 68.3. The lowest BCUT2D eigenvalue weighted by Crippen LogP contribution is -2.30. The van der Waals surface area contributed by atoms with Crippen molar-refractivity contribution in [2.75, 3.05) is 13.2 Å². The fourth-order valence-corrected chi connectivity index (χ4v) is 7.52. The molecule has 0 bridgehead atoms. The highest BCUT2D eigenvalue weighted by atomic mass is 16.6. The number of hydrogen-bond donors (Lipinski definition) is 0. The van der Waals surface area contributed by atoms with Crippen molar-refractivity contribution in [2.45, 2.75) is 245 Å². The summed E-state index contributed by atoms with van der Waals surface area (Å²) in [6.07, 6.45) is 86.2. The Hall–Kier alpha value is -4.71. The fraction of sp³-hybridized carbons (Fsp3) is 0.597. The van der Waals surface area contributed by atoms with E-state index in [1.807, 2.05) is 0 Å². The Morgan fingerprint density at radius 3 is 0.877 bits per heavy atom. The van der Waals surface area contributed by atoms with Gasteiger partial charge in [-0.3, -0.25) is 14.4 Å². The quantitative estimate of drug-likeness (QED) is 0.0261. The third-order valence-electron chi connectivity index (χ3n) is 11.8. The lowest BCUT2D eigenvalue weighted by molar-refractivity contribution is -0.167. The van der Waals surface area contributed by atoms with Crippen LogP contribution in [0.2, 0.25) is 0 Å². The first-order valence-corrected chi connectivity index (χ1v) is 29.3. The van der Waals surface area contributed by atoms with Crippen LogP contribution in [0.1, 0.15) is 239 Å². The summed E-state index contributed by atoms with van der Waals surface area (Å²) in [5.74, 6) is -0.989. The van der Waals surface area contributed by atoms with E-state index in [1.165, 1.54) is 57.8 Å². The number of carbonyl (C=O) groups excluding carboxylic acids is 3. The normalized spacial score (nSPS) is 13.2. The summed E-state index contributed by atoms with van der Waals surface area (Å²) < 4.78 is 16.6. The molecule has 6 nitrogen and oxygen atoms in total. The number of unbranched alkanes of at least 4 members (excludes halogenated alkanes) is 16. The molecule has 0 saturated heterocycles. The molecule has 410 valence electrons. The molecule has 0 aliphatic rings. The number of allylic oxidation sites excluding steroid dienone is 24. The Bertz CT molecular complexity index is 1630. The molecule has 0 aromatic heterocycles. The van der Waals surface area contributed by atoms with E-state index < -0.39 is 6.10 Å². The van der Waals surface area contributed by atoms with Gasteiger partial charge in [-0.05, 0) is 116 Å². The van der Waals surface area contributed by atoms with Crippen molar-refractivity contribution >= 4 is 17.9 Å². The molecule has 6 heteroatoms. The molecule has 0 saturated carbocycles. The predicted octanol–water partition coefficient (Wildman–Crippen LogP) is 20.0. The Balaban J connectivity index is 4.11. The lowest BCUT2D eigenvalue weighted by Gasteiger charge is -2.18. The molecule has 0 fully saturated rings. The standard InChI is InChI=1S/C67H106O6/c1-4-7-10-13-15-17-19-21-23-25-26-27-28-29-30-31-32-33-34-35-36-37-38-39-40-42-43-45-47-49-51-54-57-60-66(69)72-63-64(62-71-65(68)59-56-53-12-9-6-3)73-67(70)61-58-55-52-50-48-46-44-41-24-22-20-18-16-14-11-8-5-2/h7-8,10-11,15-18,21-24,26-27,29-30,32-33,35-36,44,46,50,52,64H,4-6,9,12-14,19-20,25,28,31,34,37-43,45,47-49,51,53-63H2,1-3H3/b10-7-,11-8-,17-15-,18-16-,23-21-,24-22-,27-26-,30-29-,33-32-,36-35-,46-44-,52-50-. The van der Waals surface area contributed by atoms with Crippen LogP contribution in [0.5, 0.6) is 0 Å². The highest BCUT2D eigenvalue weighted by Gasteiger charge is 2.19. The molecule has 0 heterocycles. The van der Waals surface area contributed by atoms with Gasteiger partial charge in [0.2, 0.25) is 0 Å². The zero-order valence-electron chi connectivity index (χ0n) is 46.8. The molecule has 0 aliphatic heterocycles. The van der Waals surface area contributed by atoms with E-state index in [0.717, 1.165) is 135 Å². The van der Waals surface area contributed by atoms with Gasteiger partial charge in [-0.1, -0.05) is 250 Å². The molecule has 0 amide bonds. The van der Waals surface area contributed by atoms with Crippen molar-refractivity contribution in [2.24, 2.45) is 0 Å². The molecular weight excluding hydrogens is 901 g/mol. The minimum absolute atomic E-state index is 0.106. The smallest absolute Gasteiger partial charge is 0.306 e. The first-order valence-electron chi connectivity index (χ1n) is 29.3. The number of rotatable bonds is 51. The summed E-state index contributed by atoms with van der Waals surface area (Å²) in [5.41, 5.74) is 0. The molecule has 1 atom stereocenters. The van der Waals surface area contributed by atoms with Gasteiger partial charge in [0.1, 0.15) is 13.2 Å². The topological polar surface area (TPSA) is 78.9 Å². The summed E-state index contributed by atoms with van der Waals surface area (Å²) in [7, 11) is 0. The highest BCUT2D eigenvalue weighted by Crippen LogP contribution is 2.14. The van der Waals surface area contributed by atoms with Crippen molar-refractivity contribution in [3.8, 4) is 0 Å². The van der Waals surface area contributed by atoms with Gasteiger partial charge in [0.15, 0.2) is 6.10 Å². The minimum atomic E-state index is -0.810. The van der Waals surface area contributed by atoms with E-state index >= 15 is 0 Å². The second kappa shape index (κ2) is 59.8. The maximum atomic E-state index is 12.7. The van der Waals surface area contributed by atoms with Crippen LogP contribution in [0.25, 0.3) is 0 Å². The molecule has 0 N–H and O–H groups in total. The van der Waals surface area contributed by atoms with E-state index in [-0.39, 0.29) is 37.5 Å². The summed E-state index contributed by atoms with van der Waals surface area (Å²) in [4.78, 5) is 37.8. The van der Waals surface area contributed by atoms with Crippen LogP contribution >= 0.6 is 0 Å². The molecule has 1 unspecified atom stereocenters. The number of ether oxygens (including phenoxy) is 3. The maximum Gasteiger partial charge on any atom is 0.306 e. The first-order chi connectivity index (χ1) is 36.0. The van der Waals surface area contributed by atoms with Crippen molar-refractivity contribution < 1.29 is 28.6 Å². The average Bonchev–Trinajstić information content (AvgIpc) is 3.39. The fourth-order valence-electron chi connectivity index (χ4n) is 7.52. The number of esters is 3. The van der Waals surface area contributed by atoms with E-state index in [0.29, 0.717) is 19.3 Å². The summed E-state index contributed by atoms with van der Waals surface area (Å²) in [6.45, 7) is 6.26. The molecule has 0 rings (SSSR count). The SMILES string of the molecule is CC/C=C\C/C=C\C/C=C\C/C=C\C/C=C\C/C=C\C/C=C\CCCCCCCCCCCCCC(=O)OCC(COC(=O)CCCCCCC)OC(=O)CCC/C=C\C/C=C\C/C=C\C/C=C\C/C=C\CC. The molecular formula is C67H106O6. The Morgan fingerprint density at radius 1 is 0.288 bits per heavy atom. The highest BCUT2D eigenvalue weighted by molar-refractivity contribution is 5.71. The molecule has 0 spiro atoms. The second-order valence-electron chi connectivity index (χ2n) is 18.8. The van der Waals surface area contributed by atoms with Crippen molar-refractivity contribution in [1.82, 2.24) is 0 Å². The van der Waals surface area contributed by atoms with Crippen LogP contribution in [0, 0.1) is 0 Å². The Kier molecular flexibility index (Phi) is 56.0. The largest absolute Gasteiger partial charge is 0.462 e. The zero-order valence-corrected chi connectivity index (χ0v) is 46.8. The number of hydrogen-bond acceptors (Lipinski definition) is 6. The third kappa shape index (κ3) is 58.1. The predicted molar refractivity (Wildman–Crippen MR) is 315 cm³/mol. The average molecular weight is 1010 g/mol. The Morgan fingerprint density at radius 2 is 0.548 bits per heavy atom. The van der Waals surface area contributed by atoms with E-state index in [4.69, 9.17) is 14.2 Å². The van der Waals surface area contributed by atoms with E-state index in [2.05, 4.69) is 167 Å². The second-order valence-corrected chi connectivity index (χ2v) is 18.8. The number of carbonyl (C=O) groups is 3. The van der Waals surface area contributed by atoms with Crippen LogP contribution in [-0.4, -0.2) is 37.2 Å². The van der Waals surface area contributed by atoms with E-state index in [9.17, 15) is 14.4 Å². The van der Waals surface area contributed by atoms with Gasteiger partial charge >= 0.3 is 17.9 Å². The van der Waals surface area contributed by atoms with Gasteiger partial charge in [-0.25, -0.2) is 0 Å². The minimum Gasteiger partial charge on any atom is -0.462 e. The van der Waals surface area contributed by atoms with Gasteiger partial charge < -0.3 is 14.2 Å². The summed E-state index contributed by atoms with van der Waals surface area (Å²) >= 11 is 0. The van der Waals surface area contributed by atoms with E-state index in [1.54, 1.807) is 0 Å². The van der Waals surface area contributed by atoms with Crippen LogP contribution in [-0.2, 0) is 28.6 Å². The van der Waals surface area contributed by atoms with Crippen molar-refractivity contribution in [3.63, 3.8) is 0 Å².